The summed E-state index contributed by atoms with van der Waals surface area (Å²) in [4.78, 5) is 12.0. The Labute approximate surface area is 92.0 Å². The first kappa shape index (κ1) is 10.9. The third kappa shape index (κ3) is 2.17. The first-order chi connectivity index (χ1) is 7.27. The van der Waals surface area contributed by atoms with Crippen molar-refractivity contribution in [1.29, 1.82) is 0 Å². The molecule has 2 saturated heterocycles. The van der Waals surface area contributed by atoms with Gasteiger partial charge >= 0.3 is 0 Å². The molecule has 2 heterocycles. The van der Waals surface area contributed by atoms with Crippen molar-refractivity contribution >= 4 is 5.91 Å². The molecule has 3 heteroatoms. The van der Waals surface area contributed by atoms with Gasteiger partial charge in [-0.3, -0.25) is 4.79 Å². The number of rotatable bonds is 3. The van der Waals surface area contributed by atoms with Gasteiger partial charge in [0.2, 0.25) is 5.91 Å². The molecule has 0 aliphatic carbocycles. The number of carbonyl (C=O) groups is 1. The number of hydrogen-bond donors (Lipinski definition) is 2. The zero-order valence-corrected chi connectivity index (χ0v) is 9.64. The molecule has 86 valence electrons. The maximum absolute atomic E-state index is 12.0. The van der Waals surface area contributed by atoms with Gasteiger partial charge in [-0.05, 0) is 38.8 Å². The molecule has 1 spiro atoms. The van der Waals surface area contributed by atoms with Crippen LogP contribution in [0.25, 0.3) is 0 Å². The summed E-state index contributed by atoms with van der Waals surface area (Å²) >= 11 is 0. The lowest BCUT2D eigenvalue weighted by Crippen LogP contribution is -2.41. The number of unbranched alkanes of at least 4 members (excludes halogenated alkanes) is 1. The van der Waals surface area contributed by atoms with Crippen molar-refractivity contribution < 1.29 is 4.79 Å². The topological polar surface area (TPSA) is 41.1 Å². The number of amides is 1. The molecule has 15 heavy (non-hydrogen) atoms. The summed E-state index contributed by atoms with van der Waals surface area (Å²) in [5.74, 6) is 0.324. The summed E-state index contributed by atoms with van der Waals surface area (Å²) < 4.78 is 0. The standard InChI is InChI=1S/C12H22N2O/c1-2-3-4-10-9-12(11(15)14-10)5-7-13-8-6-12/h10,13H,2-9H2,1H3,(H,14,15). The van der Waals surface area contributed by atoms with Gasteiger partial charge in [-0.2, -0.15) is 0 Å². The molecule has 0 bridgehead atoms. The van der Waals surface area contributed by atoms with Crippen molar-refractivity contribution in [3.63, 3.8) is 0 Å². The Hall–Kier alpha value is -0.570. The van der Waals surface area contributed by atoms with Crippen molar-refractivity contribution in [2.75, 3.05) is 13.1 Å². The molecule has 2 N–H and O–H groups in total. The van der Waals surface area contributed by atoms with E-state index in [1.54, 1.807) is 0 Å². The summed E-state index contributed by atoms with van der Waals surface area (Å²) in [7, 11) is 0. The van der Waals surface area contributed by atoms with Crippen LogP contribution in [0.3, 0.4) is 0 Å². The Balaban J connectivity index is 1.93. The van der Waals surface area contributed by atoms with E-state index in [4.69, 9.17) is 0 Å². The van der Waals surface area contributed by atoms with E-state index < -0.39 is 0 Å². The minimum Gasteiger partial charge on any atom is -0.353 e. The van der Waals surface area contributed by atoms with E-state index in [9.17, 15) is 4.79 Å². The number of hydrogen-bond acceptors (Lipinski definition) is 2. The predicted molar refractivity (Wildman–Crippen MR) is 60.6 cm³/mol. The monoisotopic (exact) mass is 210 g/mol. The lowest BCUT2D eigenvalue weighted by Gasteiger charge is -2.30. The minimum atomic E-state index is -0.0103. The van der Waals surface area contributed by atoms with E-state index in [1.165, 1.54) is 12.8 Å². The zero-order chi connectivity index (χ0) is 10.7. The highest BCUT2D eigenvalue weighted by Gasteiger charge is 2.46. The molecular weight excluding hydrogens is 188 g/mol. The molecule has 2 rings (SSSR count). The summed E-state index contributed by atoms with van der Waals surface area (Å²) in [6.45, 7) is 4.22. The Kier molecular flexibility index (Phi) is 3.29. The lowest BCUT2D eigenvalue weighted by atomic mass is 9.76. The van der Waals surface area contributed by atoms with E-state index in [1.807, 2.05) is 0 Å². The second-order valence-electron chi connectivity index (χ2n) is 5.05. The van der Waals surface area contributed by atoms with Crippen molar-refractivity contribution in [3.05, 3.63) is 0 Å². The van der Waals surface area contributed by atoms with Crippen molar-refractivity contribution in [2.24, 2.45) is 5.41 Å². The van der Waals surface area contributed by atoms with Gasteiger partial charge in [0, 0.05) is 6.04 Å². The summed E-state index contributed by atoms with van der Waals surface area (Å²) in [6.07, 6.45) is 6.76. The van der Waals surface area contributed by atoms with E-state index in [2.05, 4.69) is 17.6 Å². The summed E-state index contributed by atoms with van der Waals surface area (Å²) in [6, 6.07) is 0.454. The van der Waals surface area contributed by atoms with Crippen molar-refractivity contribution in [2.45, 2.75) is 51.5 Å². The molecule has 3 nitrogen and oxygen atoms in total. The van der Waals surface area contributed by atoms with E-state index in [0.717, 1.165) is 38.8 Å². The van der Waals surface area contributed by atoms with Crippen LogP contribution in [-0.2, 0) is 4.79 Å². The first-order valence-electron chi connectivity index (χ1n) is 6.28. The second-order valence-corrected chi connectivity index (χ2v) is 5.05. The fourth-order valence-corrected chi connectivity index (χ4v) is 2.92. The van der Waals surface area contributed by atoms with Gasteiger partial charge < -0.3 is 10.6 Å². The number of piperidine rings is 1. The third-order valence-corrected chi connectivity index (χ3v) is 3.92. The third-order valence-electron chi connectivity index (χ3n) is 3.92. The molecule has 0 aromatic carbocycles. The second kappa shape index (κ2) is 4.52. The highest BCUT2D eigenvalue weighted by Crippen LogP contribution is 2.39. The molecule has 1 atom stereocenters. The molecule has 1 unspecified atom stereocenters. The molecule has 2 aliphatic rings. The number of carbonyl (C=O) groups excluding carboxylic acids is 1. The minimum absolute atomic E-state index is 0.0103. The molecule has 0 aromatic rings. The predicted octanol–water partition coefficient (Wildman–Crippen LogP) is 1.43. The smallest absolute Gasteiger partial charge is 0.226 e. The van der Waals surface area contributed by atoms with E-state index in [0.29, 0.717) is 11.9 Å². The van der Waals surface area contributed by atoms with Crippen LogP contribution in [0, 0.1) is 5.41 Å². The molecule has 2 fully saturated rings. The van der Waals surface area contributed by atoms with Crippen LogP contribution in [0.4, 0.5) is 0 Å². The first-order valence-corrected chi connectivity index (χ1v) is 6.28. The van der Waals surface area contributed by atoms with Gasteiger partial charge in [-0.15, -0.1) is 0 Å². The summed E-state index contributed by atoms with van der Waals surface area (Å²) in [5, 5.41) is 6.52. The van der Waals surface area contributed by atoms with Gasteiger partial charge in [-0.1, -0.05) is 19.8 Å². The summed E-state index contributed by atoms with van der Waals surface area (Å²) in [5.41, 5.74) is -0.0103. The van der Waals surface area contributed by atoms with Gasteiger partial charge in [0.25, 0.3) is 0 Å². The molecule has 0 saturated carbocycles. The maximum Gasteiger partial charge on any atom is 0.226 e. The largest absolute Gasteiger partial charge is 0.353 e. The average molecular weight is 210 g/mol. The van der Waals surface area contributed by atoms with Crippen molar-refractivity contribution in [3.8, 4) is 0 Å². The van der Waals surface area contributed by atoms with Crippen LogP contribution >= 0.6 is 0 Å². The molecular formula is C12H22N2O. The highest BCUT2D eigenvalue weighted by atomic mass is 16.2. The fourth-order valence-electron chi connectivity index (χ4n) is 2.92. The lowest BCUT2D eigenvalue weighted by molar-refractivity contribution is -0.128. The SMILES string of the molecule is CCCCC1CC2(CCNCC2)C(=O)N1. The molecule has 0 radical (unpaired) electrons. The maximum atomic E-state index is 12.0. The van der Waals surface area contributed by atoms with Gasteiger partial charge in [-0.25, -0.2) is 0 Å². The Morgan fingerprint density at radius 1 is 1.40 bits per heavy atom. The quantitative estimate of drug-likeness (QED) is 0.740. The van der Waals surface area contributed by atoms with Gasteiger partial charge in [0.05, 0.1) is 5.41 Å². The molecule has 2 aliphatic heterocycles. The normalized spacial score (nSPS) is 29.4. The van der Waals surface area contributed by atoms with E-state index >= 15 is 0 Å². The van der Waals surface area contributed by atoms with Crippen LogP contribution in [0.5, 0.6) is 0 Å². The highest BCUT2D eigenvalue weighted by molar-refractivity contribution is 5.85. The van der Waals surface area contributed by atoms with Crippen LogP contribution < -0.4 is 10.6 Å². The Morgan fingerprint density at radius 3 is 2.80 bits per heavy atom. The Morgan fingerprint density at radius 2 is 2.13 bits per heavy atom. The van der Waals surface area contributed by atoms with Crippen LogP contribution in [-0.4, -0.2) is 25.0 Å². The Bertz CT molecular complexity index is 234. The zero-order valence-electron chi connectivity index (χ0n) is 9.64. The average Bonchev–Trinajstić information content (AvgIpc) is 2.54. The van der Waals surface area contributed by atoms with Gasteiger partial charge in [0.1, 0.15) is 0 Å². The number of nitrogens with one attached hydrogen (secondary N) is 2. The fraction of sp³-hybridized carbons (Fsp3) is 0.917. The van der Waals surface area contributed by atoms with E-state index in [-0.39, 0.29) is 5.41 Å². The van der Waals surface area contributed by atoms with Crippen molar-refractivity contribution in [1.82, 2.24) is 10.6 Å². The molecule has 1 amide bonds. The van der Waals surface area contributed by atoms with Crippen LogP contribution in [0.15, 0.2) is 0 Å². The molecule has 0 aromatic heterocycles. The van der Waals surface area contributed by atoms with Crippen LogP contribution in [0.2, 0.25) is 0 Å². The van der Waals surface area contributed by atoms with Gasteiger partial charge in [0.15, 0.2) is 0 Å². The van der Waals surface area contributed by atoms with Crippen LogP contribution in [0.1, 0.15) is 45.4 Å².